The molecule has 0 fully saturated rings. The first-order chi connectivity index (χ1) is 9.97. The van der Waals surface area contributed by atoms with Crippen molar-refractivity contribution in [3.8, 4) is 0 Å². The fourth-order valence-corrected chi connectivity index (χ4v) is 2.57. The van der Waals surface area contributed by atoms with Gasteiger partial charge in [0.25, 0.3) is 0 Å². The van der Waals surface area contributed by atoms with Crippen LogP contribution in [0.4, 0.5) is 14.9 Å². The van der Waals surface area contributed by atoms with E-state index in [-0.39, 0.29) is 10.7 Å². The van der Waals surface area contributed by atoms with E-state index in [1.807, 2.05) is 0 Å². The van der Waals surface area contributed by atoms with Crippen molar-refractivity contribution in [2.24, 2.45) is 0 Å². The summed E-state index contributed by atoms with van der Waals surface area (Å²) in [5, 5.41) is 15.6. The molecule has 110 valence electrons. The van der Waals surface area contributed by atoms with Crippen LogP contribution in [0, 0.1) is 5.82 Å². The van der Waals surface area contributed by atoms with Crippen LogP contribution in [0.5, 0.6) is 0 Å². The Morgan fingerprint density at radius 3 is 2.67 bits per heavy atom. The predicted molar refractivity (Wildman–Crippen MR) is 78.3 cm³/mol. The van der Waals surface area contributed by atoms with Gasteiger partial charge in [-0.1, -0.05) is 17.7 Å². The van der Waals surface area contributed by atoms with Crippen LogP contribution in [0.2, 0.25) is 5.02 Å². The third-order valence-corrected chi connectivity index (χ3v) is 3.78. The van der Waals surface area contributed by atoms with Gasteiger partial charge in [0.05, 0.1) is 10.7 Å². The molecule has 2 rings (SSSR count). The number of amides is 2. The molecular weight excluding hydrogens is 319 g/mol. The zero-order chi connectivity index (χ0) is 15.4. The third kappa shape index (κ3) is 3.93. The van der Waals surface area contributed by atoms with E-state index in [1.165, 1.54) is 17.4 Å². The normalized spacial score (nSPS) is 11.7. The number of urea groups is 1. The van der Waals surface area contributed by atoms with E-state index in [9.17, 15) is 14.0 Å². The Labute approximate surface area is 128 Å². The van der Waals surface area contributed by atoms with Gasteiger partial charge in [0.15, 0.2) is 6.04 Å². The molecule has 1 unspecified atom stereocenters. The van der Waals surface area contributed by atoms with Gasteiger partial charge in [-0.05, 0) is 29.6 Å². The molecule has 2 amide bonds. The van der Waals surface area contributed by atoms with Crippen molar-refractivity contribution in [2.75, 3.05) is 5.32 Å². The van der Waals surface area contributed by atoms with Crippen LogP contribution in [0.3, 0.4) is 0 Å². The van der Waals surface area contributed by atoms with E-state index < -0.39 is 23.9 Å². The summed E-state index contributed by atoms with van der Waals surface area (Å²) in [5.41, 5.74) is 0.186. The van der Waals surface area contributed by atoms with Gasteiger partial charge in [-0.3, -0.25) is 0 Å². The molecule has 0 saturated carbocycles. The lowest BCUT2D eigenvalue weighted by Gasteiger charge is -2.14. The topological polar surface area (TPSA) is 78.4 Å². The number of aliphatic carboxylic acids is 1. The second-order valence-electron chi connectivity index (χ2n) is 4.01. The molecule has 2 aromatic rings. The lowest BCUT2D eigenvalue weighted by Crippen LogP contribution is -2.36. The summed E-state index contributed by atoms with van der Waals surface area (Å²) in [6.45, 7) is 0. The minimum atomic E-state index is -1.18. The van der Waals surface area contributed by atoms with Crippen LogP contribution in [-0.2, 0) is 4.79 Å². The number of anilines is 1. The first kappa shape index (κ1) is 15.3. The zero-order valence-electron chi connectivity index (χ0n) is 10.5. The highest BCUT2D eigenvalue weighted by Crippen LogP contribution is 2.23. The highest BCUT2D eigenvalue weighted by Gasteiger charge is 2.23. The van der Waals surface area contributed by atoms with Gasteiger partial charge in [-0.15, -0.1) is 11.3 Å². The number of carbonyl (C=O) groups excluding carboxylic acids is 1. The standard InChI is InChI=1S/C13H10ClFN2O3S/c14-8-6-7(15)3-4-9(8)16-13(20)17-11(12(18)19)10-2-1-5-21-10/h1-6,11H,(H,18,19)(H2,16,17,20). The summed E-state index contributed by atoms with van der Waals surface area (Å²) in [5.74, 6) is -1.72. The second kappa shape index (κ2) is 6.55. The van der Waals surface area contributed by atoms with Crippen molar-refractivity contribution < 1.29 is 19.1 Å². The summed E-state index contributed by atoms with van der Waals surface area (Å²) in [6, 6.07) is 4.85. The largest absolute Gasteiger partial charge is 0.479 e. The highest BCUT2D eigenvalue weighted by molar-refractivity contribution is 7.10. The maximum atomic E-state index is 12.9. The maximum absolute atomic E-state index is 12.9. The lowest BCUT2D eigenvalue weighted by atomic mass is 10.2. The average molecular weight is 329 g/mol. The lowest BCUT2D eigenvalue weighted by molar-refractivity contribution is -0.139. The second-order valence-corrected chi connectivity index (χ2v) is 5.40. The minimum absolute atomic E-state index is 0.0214. The van der Waals surface area contributed by atoms with Crippen LogP contribution in [-0.4, -0.2) is 17.1 Å². The zero-order valence-corrected chi connectivity index (χ0v) is 12.0. The highest BCUT2D eigenvalue weighted by atomic mass is 35.5. The van der Waals surface area contributed by atoms with Crippen LogP contribution < -0.4 is 10.6 Å². The molecular formula is C13H10ClFN2O3S. The smallest absolute Gasteiger partial charge is 0.331 e. The van der Waals surface area contributed by atoms with Gasteiger partial charge in [-0.2, -0.15) is 0 Å². The number of nitrogens with one attached hydrogen (secondary N) is 2. The SMILES string of the molecule is O=C(Nc1ccc(F)cc1Cl)NC(C(=O)O)c1cccs1. The first-order valence-electron chi connectivity index (χ1n) is 5.76. The molecule has 3 N–H and O–H groups in total. The first-order valence-corrected chi connectivity index (χ1v) is 7.02. The van der Waals surface area contributed by atoms with Crippen molar-refractivity contribution in [3.05, 3.63) is 51.4 Å². The Bertz CT molecular complexity index is 663. The Morgan fingerprint density at radius 1 is 1.33 bits per heavy atom. The van der Waals surface area contributed by atoms with Gasteiger partial charge >= 0.3 is 12.0 Å². The van der Waals surface area contributed by atoms with Crippen molar-refractivity contribution in [1.82, 2.24) is 5.32 Å². The number of carbonyl (C=O) groups is 2. The van der Waals surface area contributed by atoms with Crippen LogP contribution >= 0.6 is 22.9 Å². The van der Waals surface area contributed by atoms with E-state index in [4.69, 9.17) is 16.7 Å². The predicted octanol–water partition coefficient (Wildman–Crippen LogP) is 3.49. The van der Waals surface area contributed by atoms with Gasteiger partial charge in [0, 0.05) is 4.88 Å². The number of rotatable bonds is 4. The number of halogens is 2. The van der Waals surface area contributed by atoms with Crippen LogP contribution in [0.15, 0.2) is 35.7 Å². The molecule has 0 aliphatic rings. The van der Waals surface area contributed by atoms with Crippen molar-refractivity contribution >= 4 is 40.6 Å². The van der Waals surface area contributed by atoms with Gasteiger partial charge in [0.1, 0.15) is 5.82 Å². The van der Waals surface area contributed by atoms with Gasteiger partial charge in [0.2, 0.25) is 0 Å². The maximum Gasteiger partial charge on any atom is 0.331 e. The average Bonchev–Trinajstić information content (AvgIpc) is 2.92. The molecule has 1 aromatic carbocycles. The van der Waals surface area contributed by atoms with Gasteiger partial charge < -0.3 is 15.7 Å². The third-order valence-electron chi connectivity index (χ3n) is 2.53. The molecule has 0 aliphatic carbocycles. The molecule has 1 atom stereocenters. The van der Waals surface area contributed by atoms with Crippen LogP contribution in [0.25, 0.3) is 0 Å². The summed E-state index contributed by atoms with van der Waals surface area (Å²) in [6.07, 6.45) is 0. The Balaban J connectivity index is 2.08. The summed E-state index contributed by atoms with van der Waals surface area (Å²) in [4.78, 5) is 23.5. The number of hydrogen-bond donors (Lipinski definition) is 3. The Kier molecular flexibility index (Phi) is 4.77. The van der Waals surface area contributed by atoms with E-state index >= 15 is 0 Å². The summed E-state index contributed by atoms with van der Waals surface area (Å²) in [7, 11) is 0. The molecule has 21 heavy (non-hydrogen) atoms. The molecule has 0 aliphatic heterocycles. The number of hydrogen-bond acceptors (Lipinski definition) is 3. The summed E-state index contributed by atoms with van der Waals surface area (Å²) < 4.78 is 12.9. The molecule has 0 saturated heterocycles. The monoisotopic (exact) mass is 328 g/mol. The number of thiophene rings is 1. The molecule has 1 heterocycles. The minimum Gasteiger partial charge on any atom is -0.479 e. The number of benzene rings is 1. The molecule has 0 radical (unpaired) electrons. The van der Waals surface area contributed by atoms with Crippen molar-refractivity contribution in [1.29, 1.82) is 0 Å². The van der Waals surface area contributed by atoms with Crippen molar-refractivity contribution in [3.63, 3.8) is 0 Å². The van der Waals surface area contributed by atoms with Gasteiger partial charge in [-0.25, -0.2) is 14.0 Å². The number of carboxylic acid groups (broad SMARTS) is 1. The Morgan fingerprint density at radius 2 is 2.10 bits per heavy atom. The van der Waals surface area contributed by atoms with E-state index in [0.29, 0.717) is 4.88 Å². The van der Waals surface area contributed by atoms with Crippen molar-refractivity contribution in [2.45, 2.75) is 6.04 Å². The molecule has 1 aromatic heterocycles. The molecule has 8 heteroatoms. The molecule has 5 nitrogen and oxygen atoms in total. The fourth-order valence-electron chi connectivity index (χ4n) is 1.59. The van der Waals surface area contributed by atoms with E-state index in [0.717, 1.165) is 12.1 Å². The number of carboxylic acids is 1. The van der Waals surface area contributed by atoms with E-state index in [2.05, 4.69) is 10.6 Å². The van der Waals surface area contributed by atoms with Crippen LogP contribution in [0.1, 0.15) is 10.9 Å². The molecule has 0 spiro atoms. The summed E-state index contributed by atoms with van der Waals surface area (Å²) >= 11 is 6.99. The van der Waals surface area contributed by atoms with E-state index in [1.54, 1.807) is 17.5 Å². The Hall–Kier alpha value is -2.12. The molecule has 0 bridgehead atoms. The fraction of sp³-hybridized carbons (Fsp3) is 0.0769. The quantitative estimate of drug-likeness (QED) is 0.804.